The van der Waals surface area contributed by atoms with E-state index >= 15 is 0 Å². The maximum absolute atomic E-state index is 13.9. The Hall–Kier alpha value is -2.85. The number of alkyl halides is 2. The number of hydrogen-bond donors (Lipinski definition) is 3. The van der Waals surface area contributed by atoms with E-state index < -0.39 is 17.9 Å². The van der Waals surface area contributed by atoms with Gasteiger partial charge in [0, 0.05) is 36.0 Å². The number of piperidine rings is 1. The average Bonchev–Trinajstić information content (AvgIpc) is 3.53. The number of aliphatic imine (C=N–C) groups is 1. The third kappa shape index (κ3) is 8.07. The number of H-pyrrole nitrogens is 1. The number of hydrogen-bond acceptors (Lipinski definition) is 6. The molecule has 206 valence electrons. The molecule has 1 atom stereocenters. The lowest BCUT2D eigenvalue weighted by Crippen LogP contribution is -2.46. The van der Waals surface area contributed by atoms with E-state index in [4.69, 9.17) is 22.3 Å². The van der Waals surface area contributed by atoms with Crippen molar-refractivity contribution in [3.05, 3.63) is 58.3 Å². The molecule has 2 aromatic rings. The van der Waals surface area contributed by atoms with Gasteiger partial charge in [-0.3, -0.25) is 19.8 Å². The molecule has 1 aromatic carbocycles. The van der Waals surface area contributed by atoms with Crippen LogP contribution in [-0.2, 0) is 11.2 Å². The molecule has 1 saturated heterocycles. The number of rotatable bonds is 10. The molecule has 1 saturated carbocycles. The summed E-state index contributed by atoms with van der Waals surface area (Å²) in [5.74, 6) is -1.94. The van der Waals surface area contributed by atoms with Crippen LogP contribution in [0.1, 0.15) is 62.2 Å². The molecule has 1 aromatic heterocycles. The van der Waals surface area contributed by atoms with E-state index in [9.17, 15) is 13.6 Å². The highest BCUT2D eigenvalue weighted by Gasteiger charge is 2.35. The number of allylic oxidation sites excluding steroid dienone is 1. The van der Waals surface area contributed by atoms with Gasteiger partial charge in [-0.25, -0.2) is 13.8 Å². The van der Waals surface area contributed by atoms with Gasteiger partial charge in [0.1, 0.15) is 5.82 Å². The zero-order chi connectivity index (χ0) is 27.1. The van der Waals surface area contributed by atoms with Crippen molar-refractivity contribution in [2.24, 2.45) is 10.7 Å². The van der Waals surface area contributed by atoms with E-state index in [0.717, 1.165) is 31.2 Å². The number of benzene rings is 1. The Morgan fingerprint density at radius 3 is 2.79 bits per heavy atom. The molecule has 2 heterocycles. The third-order valence-corrected chi connectivity index (χ3v) is 7.35. The Morgan fingerprint density at radius 2 is 2.11 bits per heavy atom. The molecule has 2 aliphatic rings. The monoisotopic (exact) mass is 547 g/mol. The van der Waals surface area contributed by atoms with E-state index in [1.54, 1.807) is 24.0 Å². The largest absolute Gasteiger partial charge is 0.394 e. The highest BCUT2D eigenvalue weighted by molar-refractivity contribution is 6.35. The molecule has 1 aliphatic heterocycles. The lowest BCUT2D eigenvalue weighted by Gasteiger charge is -2.33. The number of carbonyl (C=O) groups excluding carboxylic acids is 1. The number of likely N-dealkylation sites (tertiary alicyclic amines) is 1. The first-order valence-electron chi connectivity index (χ1n) is 13.3. The third-order valence-electron chi connectivity index (χ3n) is 7.02. The zero-order valence-electron chi connectivity index (χ0n) is 21.7. The topological polar surface area (TPSA) is 112 Å². The van der Waals surface area contributed by atoms with Crippen LogP contribution in [-0.4, -0.2) is 69.3 Å². The number of amides is 1. The van der Waals surface area contributed by atoms with Crippen LogP contribution in [0.5, 0.6) is 0 Å². The summed E-state index contributed by atoms with van der Waals surface area (Å²) in [7, 11) is 0. The van der Waals surface area contributed by atoms with Gasteiger partial charge in [-0.05, 0) is 51.3 Å². The Morgan fingerprint density at radius 1 is 1.34 bits per heavy atom. The number of nitrogens with zero attached hydrogens (tertiary/aromatic N) is 4. The second kappa shape index (κ2) is 12.8. The van der Waals surface area contributed by atoms with Gasteiger partial charge in [-0.1, -0.05) is 42.6 Å². The highest BCUT2D eigenvalue weighted by atomic mass is 35.5. The minimum absolute atomic E-state index is 0.00217. The predicted molar refractivity (Wildman–Crippen MR) is 145 cm³/mol. The van der Waals surface area contributed by atoms with Gasteiger partial charge in [-0.15, -0.1) is 0 Å². The van der Waals surface area contributed by atoms with E-state index in [2.05, 4.69) is 20.5 Å². The predicted octanol–water partition coefficient (Wildman–Crippen LogP) is 4.19. The van der Waals surface area contributed by atoms with Crippen LogP contribution in [0.4, 0.5) is 8.78 Å². The molecule has 38 heavy (non-hydrogen) atoms. The average molecular weight is 548 g/mol. The molecule has 4 N–H and O–H groups in total. The van der Waals surface area contributed by atoms with Crippen LogP contribution < -0.4 is 11.1 Å². The first kappa shape index (κ1) is 28.2. The Labute approximate surface area is 227 Å². The van der Waals surface area contributed by atoms with Crippen molar-refractivity contribution in [3.63, 3.8) is 0 Å². The molecule has 1 aliphatic carbocycles. The highest BCUT2D eigenvalue weighted by Crippen LogP contribution is 2.27. The van der Waals surface area contributed by atoms with Gasteiger partial charge >= 0.3 is 0 Å². The van der Waals surface area contributed by atoms with E-state index in [1.807, 2.05) is 18.2 Å². The van der Waals surface area contributed by atoms with Crippen molar-refractivity contribution in [2.75, 3.05) is 19.6 Å². The minimum Gasteiger partial charge on any atom is -0.394 e. The quantitative estimate of drug-likeness (QED) is 0.305. The second-order valence-electron chi connectivity index (χ2n) is 10.3. The first-order chi connectivity index (χ1) is 18.2. The van der Waals surface area contributed by atoms with Crippen LogP contribution >= 0.6 is 11.6 Å². The molecule has 8 nitrogen and oxygen atoms in total. The lowest BCUT2D eigenvalue weighted by atomic mass is 10.0. The Kier molecular flexibility index (Phi) is 9.49. The number of nitrogens with one attached hydrogen (secondary N) is 2. The molecular weight excluding hydrogens is 512 g/mol. The molecule has 0 bridgehead atoms. The fourth-order valence-corrected chi connectivity index (χ4v) is 5.30. The molecule has 4 rings (SSSR count). The van der Waals surface area contributed by atoms with Gasteiger partial charge in [0.25, 0.3) is 11.8 Å². The molecule has 0 spiro atoms. The van der Waals surface area contributed by atoms with Crippen LogP contribution in [0.15, 0.2) is 41.0 Å². The Bertz CT molecular complexity index is 1160. The lowest BCUT2D eigenvalue weighted by molar-refractivity contribution is -0.118. The smallest absolute Gasteiger partial charge is 0.267 e. The molecule has 0 radical (unpaired) electrons. The summed E-state index contributed by atoms with van der Waals surface area (Å²) in [5, 5.41) is 10.5. The van der Waals surface area contributed by atoms with E-state index in [0.29, 0.717) is 54.7 Å². The van der Waals surface area contributed by atoms with Gasteiger partial charge in [0.2, 0.25) is 0 Å². The summed E-state index contributed by atoms with van der Waals surface area (Å²) in [6.07, 6.45) is 6.96. The summed E-state index contributed by atoms with van der Waals surface area (Å²) in [6, 6.07) is 7.12. The zero-order valence-corrected chi connectivity index (χ0v) is 22.5. The van der Waals surface area contributed by atoms with Crippen molar-refractivity contribution in [2.45, 2.75) is 76.3 Å². The number of nitrogens with two attached hydrogens (primary N) is 1. The van der Waals surface area contributed by atoms with Crippen LogP contribution in [0, 0.1) is 6.92 Å². The fourth-order valence-electron chi connectivity index (χ4n) is 5.07. The molecule has 11 heteroatoms. The van der Waals surface area contributed by atoms with Crippen LogP contribution in [0.25, 0.3) is 0 Å². The van der Waals surface area contributed by atoms with Gasteiger partial charge in [-0.2, -0.15) is 5.10 Å². The summed E-state index contributed by atoms with van der Waals surface area (Å²) in [6.45, 7) is 2.55. The summed E-state index contributed by atoms with van der Waals surface area (Å²) < 4.78 is 27.8. The van der Waals surface area contributed by atoms with Gasteiger partial charge in [0.05, 0.1) is 24.0 Å². The van der Waals surface area contributed by atoms with Crippen molar-refractivity contribution in [1.82, 2.24) is 25.4 Å². The molecule has 1 amide bonds. The van der Waals surface area contributed by atoms with Crippen molar-refractivity contribution in [3.8, 4) is 0 Å². The van der Waals surface area contributed by atoms with Crippen LogP contribution in [0.2, 0.25) is 5.02 Å². The maximum atomic E-state index is 13.9. The second-order valence-corrected chi connectivity index (χ2v) is 10.7. The first-order valence-corrected chi connectivity index (χ1v) is 13.6. The number of aromatic amines is 1. The maximum Gasteiger partial charge on any atom is 0.267 e. The minimum atomic E-state index is -2.68. The van der Waals surface area contributed by atoms with Gasteiger partial charge < -0.3 is 11.1 Å². The summed E-state index contributed by atoms with van der Waals surface area (Å²) in [5.41, 5.74) is 7.57. The van der Waals surface area contributed by atoms with Crippen molar-refractivity contribution < 1.29 is 13.6 Å². The molecular formula is C27H36ClF2N7O. The SMILES string of the molecule is Cc1nc(C[C@H](CCN2CCCC(F)(F)C2)NC(=O)C(N)=CC(=NC2CCCC2)c2ccccc2Cl)n[nH]1. The normalized spacial score (nSPS) is 20.0. The molecule has 0 unspecified atom stereocenters. The number of carbonyl (C=O) groups is 1. The fraction of sp³-hybridized carbons (Fsp3) is 0.556. The van der Waals surface area contributed by atoms with E-state index in [-0.39, 0.29) is 24.7 Å². The molecule has 2 fully saturated rings. The summed E-state index contributed by atoms with van der Waals surface area (Å²) >= 11 is 6.45. The number of aryl methyl sites for hydroxylation is 1. The number of aromatic nitrogens is 3. The van der Waals surface area contributed by atoms with Crippen molar-refractivity contribution in [1.29, 1.82) is 0 Å². The standard InChI is InChI=1S/C27H36ClF2N7O/c1-18-32-25(36-35-18)15-20(11-14-37-13-6-12-27(29,30)17-37)34-26(38)23(31)16-24(33-19-7-2-3-8-19)21-9-4-5-10-22(21)28/h4-5,9-10,16,19-20H,2-3,6-8,11-15,17,31H2,1H3,(H,34,38)(H,32,35,36)/t20-/m0/s1. The van der Waals surface area contributed by atoms with E-state index in [1.165, 1.54) is 0 Å². The Balaban J connectivity index is 1.49. The number of halogens is 3. The summed E-state index contributed by atoms with van der Waals surface area (Å²) in [4.78, 5) is 24.2. The van der Waals surface area contributed by atoms with Gasteiger partial charge in [0.15, 0.2) is 5.82 Å². The van der Waals surface area contributed by atoms with Crippen LogP contribution in [0.3, 0.4) is 0 Å². The van der Waals surface area contributed by atoms with Crippen molar-refractivity contribution >= 4 is 23.2 Å².